The van der Waals surface area contributed by atoms with Crippen LogP contribution in [0.1, 0.15) is 32.1 Å². The molecule has 226 valence electrons. The molecule has 0 atom stereocenters. The van der Waals surface area contributed by atoms with Crippen LogP contribution in [0, 0.1) is 13.8 Å². The van der Waals surface area contributed by atoms with Crippen LogP contribution in [0.4, 0.5) is 34.6 Å². The zero-order chi connectivity index (χ0) is 31.7. The molecule has 0 aliphatic heterocycles. The number of rotatable bonds is 9. The first-order valence-corrected chi connectivity index (χ1v) is 12.8. The number of Topliss-reactive ketones (excluding diaryl/α,β-unsaturated/α-hetero) is 1. The normalized spacial score (nSPS) is 11.7. The summed E-state index contributed by atoms with van der Waals surface area (Å²) in [4.78, 5) is 32.7. The van der Waals surface area contributed by atoms with Gasteiger partial charge in [-0.05, 0) is 19.9 Å². The summed E-state index contributed by atoms with van der Waals surface area (Å²) in [5.41, 5.74) is 14.5. The van der Waals surface area contributed by atoms with Crippen LogP contribution in [0.5, 0.6) is 0 Å². The molecule has 0 saturated heterocycles. The number of anilines is 2. The number of aromatic nitrogens is 9. The Kier molecular flexibility index (Phi) is 7.77. The van der Waals surface area contributed by atoms with Crippen molar-refractivity contribution in [3.8, 4) is 11.6 Å². The number of methoxy groups -OCH3 is 1. The molecule has 0 saturated carbocycles. The molecule has 0 aliphatic rings. The number of aliphatic hydroxyl groups excluding tert-OH is 1. The molecule has 0 unspecified atom stereocenters. The maximum absolute atomic E-state index is 12.1. The number of esters is 1. The number of nitrogens with zero attached hydrogens (tertiary/aromatic N) is 13. The molecular weight excluding hydrogens is 574 g/mol. The number of carbonyl (C=O) groups is 2. The van der Waals surface area contributed by atoms with Gasteiger partial charge in [0.1, 0.15) is 18.5 Å². The van der Waals surface area contributed by atoms with Crippen molar-refractivity contribution >= 4 is 46.4 Å². The van der Waals surface area contributed by atoms with E-state index in [9.17, 15) is 14.7 Å². The van der Waals surface area contributed by atoms with Gasteiger partial charge in [0.2, 0.25) is 0 Å². The quantitative estimate of drug-likeness (QED) is 0.126. The highest BCUT2D eigenvalue weighted by atomic mass is 16.5. The Bertz CT molecular complexity index is 1820. The summed E-state index contributed by atoms with van der Waals surface area (Å²) in [7, 11) is 4.58. The average molecular weight is 602 g/mol. The summed E-state index contributed by atoms with van der Waals surface area (Å²) in [6.45, 7) is 2.68. The molecule has 5 heterocycles. The van der Waals surface area contributed by atoms with Crippen LogP contribution >= 0.6 is 0 Å². The van der Waals surface area contributed by atoms with Gasteiger partial charge >= 0.3 is 5.97 Å². The SMILES string of the molecule is COC(=O)c1ccn(C)c1N=Nc1c(C)nn(-c2cc(-n3nc(C)c(N=Nc4c(C(=O)CO)cnn4C)c3N)ncn2)c1N. The first-order valence-electron chi connectivity index (χ1n) is 12.8. The van der Waals surface area contributed by atoms with Gasteiger partial charge in [-0.25, -0.2) is 19.4 Å². The number of ketones is 1. The molecule has 0 aromatic carbocycles. The second kappa shape index (κ2) is 11.6. The van der Waals surface area contributed by atoms with Gasteiger partial charge in [0.15, 0.2) is 52.1 Å². The number of hydrogen-bond donors (Lipinski definition) is 3. The highest BCUT2D eigenvalue weighted by Gasteiger charge is 2.21. The van der Waals surface area contributed by atoms with Gasteiger partial charge in [-0.2, -0.15) is 24.7 Å². The van der Waals surface area contributed by atoms with E-state index in [-0.39, 0.29) is 57.4 Å². The molecule has 44 heavy (non-hydrogen) atoms. The van der Waals surface area contributed by atoms with Crippen molar-refractivity contribution in [3.05, 3.63) is 53.4 Å². The molecule has 0 radical (unpaired) electrons. The van der Waals surface area contributed by atoms with Gasteiger partial charge in [0.25, 0.3) is 0 Å². The lowest BCUT2D eigenvalue weighted by Gasteiger charge is -2.06. The van der Waals surface area contributed by atoms with E-state index in [0.717, 1.165) is 0 Å². The maximum atomic E-state index is 12.1. The Morgan fingerprint density at radius 2 is 1.48 bits per heavy atom. The Morgan fingerprint density at radius 1 is 0.909 bits per heavy atom. The van der Waals surface area contributed by atoms with Crippen LogP contribution in [0.2, 0.25) is 0 Å². The van der Waals surface area contributed by atoms with Crippen LogP contribution < -0.4 is 11.5 Å². The molecule has 5 aromatic rings. The maximum Gasteiger partial charge on any atom is 0.341 e. The third-order valence-corrected chi connectivity index (χ3v) is 6.49. The number of ether oxygens (including phenoxy) is 1. The predicted octanol–water partition coefficient (Wildman–Crippen LogP) is 2.49. The van der Waals surface area contributed by atoms with E-state index in [1.807, 2.05) is 0 Å². The second-order valence-electron chi connectivity index (χ2n) is 9.34. The largest absolute Gasteiger partial charge is 0.465 e. The van der Waals surface area contributed by atoms with E-state index < -0.39 is 18.4 Å². The number of nitrogen functional groups attached to an aromatic ring is 2. The summed E-state index contributed by atoms with van der Waals surface area (Å²) in [5, 5.41) is 38.9. The molecule has 5 rings (SSSR count). The summed E-state index contributed by atoms with van der Waals surface area (Å²) < 4.78 is 10.5. The van der Waals surface area contributed by atoms with Crippen molar-refractivity contribution in [2.45, 2.75) is 13.8 Å². The Morgan fingerprint density at radius 3 is 2.02 bits per heavy atom. The Labute approximate surface area is 248 Å². The average Bonchev–Trinajstić information content (AvgIpc) is 3.74. The van der Waals surface area contributed by atoms with Crippen LogP contribution in [0.15, 0.2) is 51.3 Å². The number of hydrogen-bond acceptors (Lipinski definition) is 15. The van der Waals surface area contributed by atoms with Gasteiger partial charge in [0.05, 0.1) is 30.3 Å². The first-order chi connectivity index (χ1) is 21.0. The van der Waals surface area contributed by atoms with E-state index >= 15 is 0 Å². The van der Waals surface area contributed by atoms with Crippen molar-refractivity contribution < 1.29 is 19.4 Å². The third kappa shape index (κ3) is 5.17. The minimum atomic E-state index is -0.697. The smallest absolute Gasteiger partial charge is 0.341 e. The lowest BCUT2D eigenvalue weighted by Crippen LogP contribution is -2.09. The van der Waals surface area contributed by atoms with E-state index in [4.69, 9.17) is 16.2 Å². The van der Waals surface area contributed by atoms with Gasteiger partial charge in [-0.1, -0.05) is 0 Å². The van der Waals surface area contributed by atoms with E-state index in [2.05, 4.69) is 45.7 Å². The molecule has 0 bridgehead atoms. The molecular formula is C25H27N15O4. The molecule has 0 aliphatic carbocycles. The lowest BCUT2D eigenvalue weighted by molar-refractivity contribution is 0.0601. The number of aliphatic hydroxyl groups is 1. The van der Waals surface area contributed by atoms with Crippen molar-refractivity contribution in [1.29, 1.82) is 0 Å². The molecule has 5 aromatic heterocycles. The zero-order valence-corrected chi connectivity index (χ0v) is 24.2. The molecule has 0 fully saturated rings. The zero-order valence-electron chi connectivity index (χ0n) is 24.2. The number of carbonyl (C=O) groups excluding carboxylic acids is 2. The van der Waals surface area contributed by atoms with Gasteiger partial charge in [0, 0.05) is 26.4 Å². The second-order valence-corrected chi connectivity index (χ2v) is 9.34. The van der Waals surface area contributed by atoms with Crippen molar-refractivity contribution in [1.82, 2.24) is 43.9 Å². The fourth-order valence-corrected chi connectivity index (χ4v) is 4.18. The summed E-state index contributed by atoms with van der Waals surface area (Å²) in [6.07, 6.45) is 4.24. The van der Waals surface area contributed by atoms with Gasteiger partial charge < -0.3 is 25.9 Å². The molecule has 19 heteroatoms. The molecule has 19 nitrogen and oxygen atoms in total. The summed E-state index contributed by atoms with van der Waals surface area (Å²) in [5.74, 6) is 0.120. The predicted molar refractivity (Wildman–Crippen MR) is 154 cm³/mol. The van der Waals surface area contributed by atoms with Crippen LogP contribution in [0.25, 0.3) is 11.6 Å². The third-order valence-electron chi connectivity index (χ3n) is 6.49. The number of aryl methyl sites for hydroxylation is 4. The lowest BCUT2D eigenvalue weighted by atomic mass is 10.2. The van der Waals surface area contributed by atoms with E-state index in [1.165, 1.54) is 33.7 Å². The van der Waals surface area contributed by atoms with E-state index in [0.29, 0.717) is 11.4 Å². The highest BCUT2D eigenvalue weighted by molar-refractivity contribution is 6.00. The number of azo groups is 2. The van der Waals surface area contributed by atoms with Crippen LogP contribution in [0.3, 0.4) is 0 Å². The van der Waals surface area contributed by atoms with Gasteiger partial charge in [-0.3, -0.25) is 4.79 Å². The molecule has 0 amide bonds. The monoisotopic (exact) mass is 601 g/mol. The Hall–Kier alpha value is -6.11. The summed E-state index contributed by atoms with van der Waals surface area (Å²) in [6, 6.07) is 3.13. The fraction of sp³-hybridized carbons (Fsp3) is 0.240. The van der Waals surface area contributed by atoms with Crippen molar-refractivity contribution in [2.24, 2.45) is 34.6 Å². The standard InChI is InChI=1S/C25H27N15O4/c1-12-19(31-33-23-14(25(43)44-5)6-7-37(23)3)21(26)39(35-12)17-8-18(29-11-28-17)40-22(27)20(13(2)36-40)32-34-24-15(16(42)10-41)9-30-38(24)4/h6-9,11,41H,10,26-27H2,1-5H3. The minimum Gasteiger partial charge on any atom is -0.465 e. The topological polar surface area (TPSA) is 249 Å². The van der Waals surface area contributed by atoms with Crippen molar-refractivity contribution in [2.75, 3.05) is 25.2 Å². The minimum absolute atomic E-state index is 0.108. The fourth-order valence-electron chi connectivity index (χ4n) is 4.18. The number of nitrogens with two attached hydrogens (primary N) is 2. The summed E-state index contributed by atoms with van der Waals surface area (Å²) >= 11 is 0. The Balaban J connectivity index is 1.47. The van der Waals surface area contributed by atoms with Gasteiger partial charge in [-0.15, -0.1) is 20.5 Å². The molecule has 0 spiro atoms. The van der Waals surface area contributed by atoms with Crippen LogP contribution in [-0.4, -0.2) is 74.5 Å². The molecule has 5 N–H and O–H groups in total. The van der Waals surface area contributed by atoms with E-state index in [1.54, 1.807) is 50.8 Å². The van der Waals surface area contributed by atoms with Crippen LogP contribution in [-0.2, 0) is 18.8 Å². The van der Waals surface area contributed by atoms with Crippen molar-refractivity contribution in [3.63, 3.8) is 0 Å². The first kappa shape index (κ1) is 29.4. The highest BCUT2D eigenvalue weighted by Crippen LogP contribution is 2.33.